The van der Waals surface area contributed by atoms with Crippen molar-refractivity contribution in [1.82, 2.24) is 9.97 Å². The SMILES string of the molecule is CC.Cc1c[nH]c2cccnc12. The van der Waals surface area contributed by atoms with Gasteiger partial charge in [-0.2, -0.15) is 0 Å². The molecule has 0 aromatic carbocycles. The van der Waals surface area contributed by atoms with E-state index in [2.05, 4.69) is 9.97 Å². The van der Waals surface area contributed by atoms with Crippen molar-refractivity contribution >= 4 is 11.0 Å². The second-order valence-electron chi connectivity index (χ2n) is 2.37. The highest BCUT2D eigenvalue weighted by Gasteiger charge is 1.96. The van der Waals surface area contributed by atoms with Crippen LogP contribution in [0.3, 0.4) is 0 Å². The Morgan fingerprint density at radius 3 is 2.75 bits per heavy atom. The van der Waals surface area contributed by atoms with Crippen LogP contribution in [0.15, 0.2) is 24.5 Å². The summed E-state index contributed by atoms with van der Waals surface area (Å²) in [6, 6.07) is 3.95. The van der Waals surface area contributed by atoms with E-state index >= 15 is 0 Å². The minimum absolute atomic E-state index is 1.07. The Morgan fingerprint density at radius 1 is 1.33 bits per heavy atom. The number of aromatic nitrogens is 2. The first kappa shape index (κ1) is 8.78. The molecular weight excluding hydrogens is 148 g/mol. The van der Waals surface area contributed by atoms with Crippen molar-refractivity contribution in [2.45, 2.75) is 20.8 Å². The van der Waals surface area contributed by atoms with Gasteiger partial charge < -0.3 is 4.98 Å². The average molecular weight is 162 g/mol. The normalized spacial score (nSPS) is 9.25. The lowest BCUT2D eigenvalue weighted by Gasteiger charge is -1.86. The van der Waals surface area contributed by atoms with Crippen LogP contribution in [0.2, 0.25) is 0 Å². The average Bonchev–Trinajstić information content (AvgIpc) is 2.53. The largest absolute Gasteiger partial charge is 0.360 e. The molecule has 0 bridgehead atoms. The first-order chi connectivity index (χ1) is 5.88. The Labute approximate surface area is 72.6 Å². The van der Waals surface area contributed by atoms with E-state index in [4.69, 9.17) is 0 Å². The molecule has 12 heavy (non-hydrogen) atoms. The third kappa shape index (κ3) is 1.47. The lowest BCUT2D eigenvalue weighted by Crippen LogP contribution is -1.72. The highest BCUT2D eigenvalue weighted by Crippen LogP contribution is 2.12. The van der Waals surface area contributed by atoms with Gasteiger partial charge in [-0.1, -0.05) is 13.8 Å². The number of rotatable bonds is 0. The lowest BCUT2D eigenvalue weighted by atomic mass is 10.3. The van der Waals surface area contributed by atoms with Gasteiger partial charge in [0.25, 0.3) is 0 Å². The van der Waals surface area contributed by atoms with Gasteiger partial charge in [-0.15, -0.1) is 0 Å². The summed E-state index contributed by atoms with van der Waals surface area (Å²) in [5.74, 6) is 0. The Morgan fingerprint density at radius 2 is 2.08 bits per heavy atom. The lowest BCUT2D eigenvalue weighted by molar-refractivity contribution is 1.39. The predicted octanol–water partition coefficient (Wildman–Crippen LogP) is 2.90. The maximum absolute atomic E-state index is 4.21. The minimum Gasteiger partial charge on any atom is -0.360 e. The molecule has 0 aliphatic heterocycles. The van der Waals surface area contributed by atoms with E-state index in [9.17, 15) is 0 Å². The third-order valence-corrected chi connectivity index (χ3v) is 1.63. The number of hydrogen-bond donors (Lipinski definition) is 1. The highest BCUT2D eigenvalue weighted by molar-refractivity contribution is 5.77. The van der Waals surface area contributed by atoms with Gasteiger partial charge in [-0.3, -0.25) is 4.98 Å². The Balaban J connectivity index is 0.000000336. The van der Waals surface area contributed by atoms with Gasteiger partial charge in [0.1, 0.15) is 0 Å². The van der Waals surface area contributed by atoms with Gasteiger partial charge in [0.2, 0.25) is 0 Å². The summed E-state index contributed by atoms with van der Waals surface area (Å²) in [6.07, 6.45) is 3.78. The number of nitrogens with one attached hydrogen (secondary N) is 1. The number of aryl methyl sites for hydroxylation is 1. The van der Waals surface area contributed by atoms with Crippen molar-refractivity contribution in [3.05, 3.63) is 30.1 Å². The van der Waals surface area contributed by atoms with Crippen LogP contribution in [0.5, 0.6) is 0 Å². The van der Waals surface area contributed by atoms with E-state index in [-0.39, 0.29) is 0 Å². The predicted molar refractivity (Wildman–Crippen MR) is 52.2 cm³/mol. The van der Waals surface area contributed by atoms with Gasteiger partial charge in [0, 0.05) is 12.4 Å². The van der Waals surface area contributed by atoms with E-state index in [1.165, 1.54) is 5.56 Å². The summed E-state index contributed by atoms with van der Waals surface area (Å²) < 4.78 is 0. The molecule has 0 amide bonds. The van der Waals surface area contributed by atoms with Crippen LogP contribution < -0.4 is 0 Å². The Kier molecular flexibility index (Phi) is 2.86. The smallest absolute Gasteiger partial charge is 0.0907 e. The fraction of sp³-hybridized carbons (Fsp3) is 0.300. The first-order valence-electron chi connectivity index (χ1n) is 4.26. The maximum Gasteiger partial charge on any atom is 0.0907 e. The van der Waals surface area contributed by atoms with E-state index in [1.54, 1.807) is 0 Å². The Bertz CT molecular complexity index is 349. The van der Waals surface area contributed by atoms with Crippen molar-refractivity contribution in [3.63, 3.8) is 0 Å². The molecule has 2 heterocycles. The van der Waals surface area contributed by atoms with Crippen molar-refractivity contribution in [2.75, 3.05) is 0 Å². The zero-order valence-electron chi connectivity index (χ0n) is 7.76. The third-order valence-electron chi connectivity index (χ3n) is 1.63. The number of aromatic amines is 1. The second kappa shape index (κ2) is 3.90. The zero-order valence-corrected chi connectivity index (χ0v) is 7.76. The number of H-pyrrole nitrogens is 1. The van der Waals surface area contributed by atoms with E-state index in [1.807, 2.05) is 45.3 Å². The van der Waals surface area contributed by atoms with Crippen LogP contribution in [-0.4, -0.2) is 9.97 Å². The van der Waals surface area contributed by atoms with E-state index < -0.39 is 0 Å². The molecular formula is C10H14N2. The van der Waals surface area contributed by atoms with Gasteiger partial charge in [-0.25, -0.2) is 0 Å². The molecule has 0 saturated carbocycles. The van der Waals surface area contributed by atoms with Crippen molar-refractivity contribution in [1.29, 1.82) is 0 Å². The van der Waals surface area contributed by atoms with Crippen molar-refractivity contribution in [3.8, 4) is 0 Å². The minimum atomic E-state index is 1.07. The summed E-state index contributed by atoms with van der Waals surface area (Å²) >= 11 is 0. The molecule has 64 valence electrons. The van der Waals surface area contributed by atoms with E-state index in [0.29, 0.717) is 0 Å². The highest BCUT2D eigenvalue weighted by atomic mass is 14.8. The summed E-state index contributed by atoms with van der Waals surface area (Å²) in [7, 11) is 0. The topological polar surface area (TPSA) is 28.7 Å². The molecule has 2 aromatic heterocycles. The molecule has 0 unspecified atom stereocenters. The molecule has 0 atom stereocenters. The molecule has 2 aromatic rings. The van der Waals surface area contributed by atoms with Crippen molar-refractivity contribution in [2.24, 2.45) is 0 Å². The number of fused-ring (bicyclic) bond motifs is 1. The fourth-order valence-electron chi connectivity index (χ4n) is 1.09. The van der Waals surface area contributed by atoms with Crippen LogP contribution >= 0.6 is 0 Å². The molecule has 1 N–H and O–H groups in total. The molecule has 2 nitrogen and oxygen atoms in total. The molecule has 0 aliphatic carbocycles. The summed E-state index contributed by atoms with van der Waals surface area (Å²) in [6.45, 7) is 6.05. The van der Waals surface area contributed by atoms with Gasteiger partial charge in [-0.05, 0) is 24.6 Å². The quantitative estimate of drug-likeness (QED) is 0.634. The number of hydrogen-bond acceptors (Lipinski definition) is 1. The van der Waals surface area contributed by atoms with Gasteiger partial charge in [0.05, 0.1) is 11.0 Å². The van der Waals surface area contributed by atoms with Crippen LogP contribution in [0.1, 0.15) is 19.4 Å². The molecule has 0 saturated heterocycles. The van der Waals surface area contributed by atoms with Gasteiger partial charge >= 0.3 is 0 Å². The van der Waals surface area contributed by atoms with Crippen molar-refractivity contribution < 1.29 is 0 Å². The molecule has 2 rings (SSSR count). The standard InChI is InChI=1S/C8H8N2.C2H6/c1-6-5-10-7-3-2-4-9-8(6)7;1-2/h2-5,10H,1H3;1-2H3. The maximum atomic E-state index is 4.21. The van der Waals surface area contributed by atoms with Crippen LogP contribution in [-0.2, 0) is 0 Å². The molecule has 0 fully saturated rings. The monoisotopic (exact) mass is 162 g/mol. The Hall–Kier alpha value is -1.31. The number of pyridine rings is 1. The van der Waals surface area contributed by atoms with Crippen LogP contribution in [0.4, 0.5) is 0 Å². The fourth-order valence-corrected chi connectivity index (χ4v) is 1.09. The summed E-state index contributed by atoms with van der Waals surface area (Å²) in [5, 5.41) is 0. The summed E-state index contributed by atoms with van der Waals surface area (Å²) in [5.41, 5.74) is 3.39. The number of nitrogens with zero attached hydrogens (tertiary/aromatic N) is 1. The second-order valence-corrected chi connectivity index (χ2v) is 2.37. The van der Waals surface area contributed by atoms with Crippen LogP contribution in [0.25, 0.3) is 11.0 Å². The molecule has 2 heteroatoms. The summed E-state index contributed by atoms with van der Waals surface area (Å²) in [4.78, 5) is 7.33. The molecule has 0 radical (unpaired) electrons. The van der Waals surface area contributed by atoms with Gasteiger partial charge in [0.15, 0.2) is 0 Å². The first-order valence-corrected chi connectivity index (χ1v) is 4.26. The van der Waals surface area contributed by atoms with Crippen LogP contribution in [0, 0.1) is 6.92 Å². The zero-order chi connectivity index (χ0) is 8.97. The molecule has 0 aliphatic rings. The molecule has 0 spiro atoms. The van der Waals surface area contributed by atoms with E-state index in [0.717, 1.165) is 11.0 Å².